The Hall–Kier alpha value is -3.25. The zero-order valence-corrected chi connectivity index (χ0v) is 17.0. The SMILES string of the molecule is CCCC(=O)c1[nH]cc(-c2nc3ccc(OC)cc3s2)c1C(=O)c1ccccc1. The van der Waals surface area contributed by atoms with Crippen LogP contribution in [-0.2, 0) is 0 Å². The number of Topliss-reactive ketones (excluding diaryl/α,β-unsaturated/α-hetero) is 1. The number of methoxy groups -OCH3 is 1. The van der Waals surface area contributed by atoms with Gasteiger partial charge in [-0.25, -0.2) is 4.98 Å². The van der Waals surface area contributed by atoms with Crippen molar-refractivity contribution < 1.29 is 14.3 Å². The van der Waals surface area contributed by atoms with Crippen LogP contribution in [0.2, 0.25) is 0 Å². The number of nitrogens with zero attached hydrogens (tertiary/aromatic N) is 1. The molecule has 2 aromatic heterocycles. The molecular weight excluding hydrogens is 384 g/mol. The molecule has 0 atom stereocenters. The Morgan fingerprint density at radius 1 is 1.14 bits per heavy atom. The van der Waals surface area contributed by atoms with Crippen LogP contribution < -0.4 is 4.74 Å². The molecule has 1 N–H and O–H groups in total. The van der Waals surface area contributed by atoms with Crippen molar-refractivity contribution in [1.29, 1.82) is 0 Å². The lowest BCUT2D eigenvalue weighted by atomic mass is 9.97. The zero-order chi connectivity index (χ0) is 20.4. The van der Waals surface area contributed by atoms with Crippen molar-refractivity contribution in [2.45, 2.75) is 19.8 Å². The van der Waals surface area contributed by atoms with Gasteiger partial charge in [-0.3, -0.25) is 9.59 Å². The highest BCUT2D eigenvalue weighted by atomic mass is 32.1. The summed E-state index contributed by atoms with van der Waals surface area (Å²) in [7, 11) is 1.62. The van der Waals surface area contributed by atoms with Crippen LogP contribution in [0.5, 0.6) is 5.75 Å². The second-order valence-corrected chi connectivity index (χ2v) is 7.70. The van der Waals surface area contributed by atoms with Crippen molar-refractivity contribution in [3.63, 3.8) is 0 Å². The van der Waals surface area contributed by atoms with Gasteiger partial charge in [-0.15, -0.1) is 11.3 Å². The van der Waals surface area contributed by atoms with Crippen LogP contribution in [0.25, 0.3) is 20.8 Å². The minimum Gasteiger partial charge on any atom is -0.497 e. The fourth-order valence-electron chi connectivity index (χ4n) is 3.28. The molecule has 29 heavy (non-hydrogen) atoms. The number of rotatable bonds is 7. The first-order chi connectivity index (χ1) is 14.1. The molecular formula is C23H20N2O3S. The Balaban J connectivity index is 1.87. The monoisotopic (exact) mass is 404 g/mol. The Morgan fingerprint density at radius 3 is 2.66 bits per heavy atom. The minimum absolute atomic E-state index is 0.0687. The summed E-state index contributed by atoms with van der Waals surface area (Å²) in [6.07, 6.45) is 2.81. The number of aromatic nitrogens is 2. The van der Waals surface area contributed by atoms with Gasteiger partial charge >= 0.3 is 0 Å². The summed E-state index contributed by atoms with van der Waals surface area (Å²) in [5, 5.41) is 0.694. The summed E-state index contributed by atoms with van der Waals surface area (Å²) in [4.78, 5) is 33.8. The van der Waals surface area contributed by atoms with Crippen molar-refractivity contribution in [2.24, 2.45) is 0 Å². The number of thiazole rings is 1. The number of hydrogen-bond donors (Lipinski definition) is 1. The molecule has 4 aromatic rings. The van der Waals surface area contributed by atoms with Crippen molar-refractivity contribution in [2.75, 3.05) is 7.11 Å². The van der Waals surface area contributed by atoms with E-state index in [1.54, 1.807) is 25.4 Å². The van der Waals surface area contributed by atoms with E-state index in [4.69, 9.17) is 9.72 Å². The Kier molecular flexibility index (Phi) is 5.27. The van der Waals surface area contributed by atoms with Gasteiger partial charge in [0.1, 0.15) is 10.8 Å². The number of ether oxygens (including phenoxy) is 1. The van der Waals surface area contributed by atoms with Gasteiger partial charge in [0.15, 0.2) is 11.6 Å². The Bertz CT molecular complexity index is 1190. The molecule has 4 rings (SSSR count). The van der Waals surface area contributed by atoms with E-state index in [1.807, 2.05) is 43.3 Å². The standard InChI is InChI=1S/C23H20N2O3S/c1-3-7-18(26)21-20(22(27)14-8-5-4-6-9-14)16(13-24-21)23-25-17-11-10-15(28-2)12-19(17)29-23/h4-6,8-13,24H,3,7H2,1-2H3. The fourth-order valence-corrected chi connectivity index (χ4v) is 4.30. The number of fused-ring (bicyclic) bond motifs is 1. The van der Waals surface area contributed by atoms with Gasteiger partial charge in [-0.05, 0) is 24.6 Å². The number of ketones is 2. The summed E-state index contributed by atoms with van der Waals surface area (Å²) in [5.74, 6) is 0.500. The largest absolute Gasteiger partial charge is 0.497 e. The van der Waals surface area contributed by atoms with Crippen molar-refractivity contribution >= 4 is 33.1 Å². The second kappa shape index (κ2) is 8.01. The summed E-state index contributed by atoms with van der Waals surface area (Å²) in [5.41, 5.74) is 2.76. The third-order valence-electron chi connectivity index (χ3n) is 4.73. The highest BCUT2D eigenvalue weighted by Crippen LogP contribution is 2.36. The summed E-state index contributed by atoms with van der Waals surface area (Å²) >= 11 is 1.47. The van der Waals surface area contributed by atoms with E-state index in [-0.39, 0.29) is 11.6 Å². The minimum atomic E-state index is -0.182. The van der Waals surface area contributed by atoms with Crippen molar-refractivity contribution in [3.8, 4) is 16.3 Å². The molecule has 146 valence electrons. The smallest absolute Gasteiger partial charge is 0.196 e. The molecule has 0 aliphatic rings. The number of H-pyrrole nitrogens is 1. The molecule has 0 aliphatic carbocycles. The normalized spacial score (nSPS) is 11.0. The summed E-state index contributed by atoms with van der Waals surface area (Å²) in [6.45, 7) is 1.95. The maximum atomic E-state index is 13.3. The maximum Gasteiger partial charge on any atom is 0.196 e. The van der Waals surface area contributed by atoms with Gasteiger partial charge in [0.25, 0.3) is 0 Å². The van der Waals surface area contributed by atoms with E-state index in [0.717, 1.165) is 16.0 Å². The fraction of sp³-hybridized carbons (Fsp3) is 0.174. The average Bonchev–Trinajstić information content (AvgIpc) is 3.37. The third-order valence-corrected chi connectivity index (χ3v) is 5.78. The van der Waals surface area contributed by atoms with Crippen LogP contribution in [0.15, 0.2) is 54.7 Å². The zero-order valence-electron chi connectivity index (χ0n) is 16.2. The van der Waals surface area contributed by atoms with Crippen LogP contribution in [-0.4, -0.2) is 28.6 Å². The summed E-state index contributed by atoms with van der Waals surface area (Å²) in [6, 6.07) is 14.7. The number of nitrogens with one attached hydrogen (secondary N) is 1. The molecule has 5 nitrogen and oxygen atoms in total. The molecule has 2 aromatic carbocycles. The lowest BCUT2D eigenvalue weighted by Gasteiger charge is -2.05. The van der Waals surface area contributed by atoms with E-state index in [0.29, 0.717) is 40.2 Å². The first-order valence-corrected chi connectivity index (χ1v) is 10.2. The quantitative estimate of drug-likeness (QED) is 0.412. The van der Waals surface area contributed by atoms with Crippen molar-refractivity contribution in [1.82, 2.24) is 9.97 Å². The lowest BCUT2D eigenvalue weighted by Crippen LogP contribution is -2.10. The van der Waals surface area contributed by atoms with Gasteiger partial charge in [0.05, 0.1) is 28.6 Å². The van der Waals surface area contributed by atoms with Gasteiger partial charge in [-0.2, -0.15) is 0 Å². The lowest BCUT2D eigenvalue weighted by molar-refractivity contribution is 0.0963. The molecule has 0 amide bonds. The maximum absolute atomic E-state index is 13.3. The molecule has 0 radical (unpaired) electrons. The average molecular weight is 404 g/mol. The molecule has 0 unspecified atom stereocenters. The second-order valence-electron chi connectivity index (χ2n) is 6.67. The van der Waals surface area contributed by atoms with E-state index in [1.165, 1.54) is 11.3 Å². The van der Waals surface area contributed by atoms with E-state index in [9.17, 15) is 9.59 Å². The Morgan fingerprint density at radius 2 is 1.93 bits per heavy atom. The first-order valence-electron chi connectivity index (χ1n) is 9.41. The molecule has 0 bridgehead atoms. The van der Waals surface area contributed by atoms with Gasteiger partial charge in [0.2, 0.25) is 0 Å². The highest BCUT2D eigenvalue weighted by molar-refractivity contribution is 7.21. The number of hydrogen-bond acceptors (Lipinski definition) is 5. The van der Waals surface area contributed by atoms with Crippen LogP contribution in [0.1, 0.15) is 46.2 Å². The van der Waals surface area contributed by atoms with E-state index < -0.39 is 0 Å². The van der Waals surface area contributed by atoms with Crippen LogP contribution in [0.4, 0.5) is 0 Å². The van der Waals surface area contributed by atoms with Gasteiger partial charge in [-0.1, -0.05) is 37.3 Å². The van der Waals surface area contributed by atoms with E-state index in [2.05, 4.69) is 4.98 Å². The molecule has 0 aliphatic heterocycles. The first kappa shape index (κ1) is 19.1. The molecule has 0 fully saturated rings. The van der Waals surface area contributed by atoms with Crippen LogP contribution >= 0.6 is 11.3 Å². The highest BCUT2D eigenvalue weighted by Gasteiger charge is 2.26. The van der Waals surface area contributed by atoms with Crippen molar-refractivity contribution in [3.05, 3.63) is 71.5 Å². The third kappa shape index (κ3) is 3.59. The molecule has 0 saturated carbocycles. The molecule has 2 heterocycles. The number of carbonyl (C=O) groups excluding carboxylic acids is 2. The Labute approximate surface area is 172 Å². The molecule has 0 saturated heterocycles. The predicted molar refractivity (Wildman–Crippen MR) is 115 cm³/mol. The summed E-state index contributed by atoms with van der Waals surface area (Å²) < 4.78 is 6.25. The molecule has 0 spiro atoms. The predicted octanol–water partition coefficient (Wildman–Crippen LogP) is 5.51. The van der Waals surface area contributed by atoms with E-state index >= 15 is 0 Å². The number of carbonyl (C=O) groups is 2. The van der Waals surface area contributed by atoms with Crippen LogP contribution in [0, 0.1) is 0 Å². The topological polar surface area (TPSA) is 72.1 Å². The molecule has 6 heteroatoms. The number of benzene rings is 2. The van der Waals surface area contributed by atoms with Gasteiger partial charge < -0.3 is 9.72 Å². The number of aromatic amines is 1. The van der Waals surface area contributed by atoms with Gasteiger partial charge in [0, 0.05) is 23.7 Å². The van der Waals surface area contributed by atoms with Crippen LogP contribution in [0.3, 0.4) is 0 Å².